The maximum Gasteiger partial charge on any atom is 0.340 e. The number of anilines is 1. The van der Waals surface area contributed by atoms with Crippen molar-refractivity contribution < 1.29 is 14.6 Å². The molecule has 2 heterocycles. The number of rotatable bonds is 5. The Hall–Kier alpha value is -1.14. The Balaban J connectivity index is 2.43. The Morgan fingerprint density at radius 1 is 1.31 bits per heavy atom. The van der Waals surface area contributed by atoms with E-state index in [0.29, 0.717) is 16.7 Å². The maximum absolute atomic E-state index is 12.4. The predicted molar refractivity (Wildman–Crippen MR) is 107 cm³/mol. The van der Waals surface area contributed by atoms with Crippen LogP contribution in [-0.4, -0.2) is 35.3 Å². The number of aromatic nitrogens is 1. The molecule has 1 aliphatic rings. The van der Waals surface area contributed by atoms with Gasteiger partial charge < -0.3 is 14.7 Å². The molecular weight excluding hydrogens is 396 g/mol. The molecule has 0 aliphatic carbocycles. The van der Waals surface area contributed by atoms with Gasteiger partial charge in [0.2, 0.25) is 0 Å². The first kappa shape index (κ1) is 21.2. The summed E-state index contributed by atoms with van der Waals surface area (Å²) in [5.41, 5.74) is 3.30. The van der Waals surface area contributed by atoms with Gasteiger partial charge in [-0.25, -0.2) is 4.79 Å². The number of esters is 1. The number of aryl methyl sites for hydroxylation is 2. The Bertz CT molecular complexity index is 668. The zero-order chi connectivity index (χ0) is 19.6. The summed E-state index contributed by atoms with van der Waals surface area (Å²) in [5, 5.41) is 10.7. The molecule has 146 valence electrons. The van der Waals surface area contributed by atoms with Crippen LogP contribution < -0.4 is 4.90 Å². The fourth-order valence-corrected chi connectivity index (χ4v) is 4.05. The van der Waals surface area contributed by atoms with E-state index < -0.39 is 12.1 Å². The third-order valence-corrected chi connectivity index (χ3v) is 6.44. The fraction of sp³-hybridized carbons (Fsp3) is 0.700. The molecule has 26 heavy (non-hydrogen) atoms. The van der Waals surface area contributed by atoms with Crippen molar-refractivity contribution in [3.8, 4) is 0 Å². The molecule has 0 spiro atoms. The molecule has 0 amide bonds. The van der Waals surface area contributed by atoms with Crippen molar-refractivity contribution in [1.29, 1.82) is 0 Å². The first-order chi connectivity index (χ1) is 12.1. The van der Waals surface area contributed by atoms with Crippen LogP contribution in [0.25, 0.3) is 0 Å². The second-order valence-corrected chi connectivity index (χ2v) is 8.69. The fourth-order valence-electron chi connectivity index (χ4n) is 3.50. The SMILES string of the molecule is CCC1(C)CCN(c2c(Br)c(C)nc(C)c2C(O)C(=O)OC(C)C)CC1. The van der Waals surface area contributed by atoms with Crippen LogP contribution >= 0.6 is 15.9 Å². The lowest BCUT2D eigenvalue weighted by Crippen LogP contribution is -2.39. The van der Waals surface area contributed by atoms with E-state index in [0.717, 1.165) is 48.2 Å². The first-order valence-electron chi connectivity index (χ1n) is 9.39. The number of aliphatic hydroxyl groups is 1. The van der Waals surface area contributed by atoms with E-state index in [-0.39, 0.29) is 6.10 Å². The maximum atomic E-state index is 12.4. The summed E-state index contributed by atoms with van der Waals surface area (Å²) in [6.07, 6.45) is 1.72. The van der Waals surface area contributed by atoms with Gasteiger partial charge in [0.25, 0.3) is 0 Å². The van der Waals surface area contributed by atoms with E-state index in [1.54, 1.807) is 13.8 Å². The van der Waals surface area contributed by atoms with Gasteiger partial charge in [0, 0.05) is 24.3 Å². The second-order valence-electron chi connectivity index (χ2n) is 7.90. The average Bonchev–Trinajstić information content (AvgIpc) is 2.57. The van der Waals surface area contributed by atoms with Crippen LogP contribution in [0.15, 0.2) is 4.47 Å². The molecule has 1 saturated heterocycles. The minimum absolute atomic E-state index is 0.275. The third kappa shape index (κ3) is 4.39. The van der Waals surface area contributed by atoms with Gasteiger partial charge in [-0.05, 0) is 61.9 Å². The number of carbonyl (C=O) groups is 1. The number of nitrogens with zero attached hydrogens (tertiary/aromatic N) is 2. The minimum atomic E-state index is -1.34. The van der Waals surface area contributed by atoms with Crippen LogP contribution in [0.4, 0.5) is 5.69 Å². The highest BCUT2D eigenvalue weighted by atomic mass is 79.9. The molecule has 1 atom stereocenters. The number of aliphatic hydroxyl groups excluding tert-OH is 1. The third-order valence-electron chi connectivity index (χ3n) is 5.49. The summed E-state index contributed by atoms with van der Waals surface area (Å²) in [4.78, 5) is 19.1. The Labute approximate surface area is 165 Å². The molecular formula is C20H31BrN2O3. The monoisotopic (exact) mass is 426 g/mol. The van der Waals surface area contributed by atoms with Gasteiger partial charge in [0.05, 0.1) is 22.0 Å². The van der Waals surface area contributed by atoms with E-state index >= 15 is 0 Å². The van der Waals surface area contributed by atoms with Crippen molar-refractivity contribution >= 4 is 27.6 Å². The second kappa shape index (κ2) is 8.26. The highest BCUT2D eigenvalue weighted by molar-refractivity contribution is 9.10. The molecule has 0 aromatic carbocycles. The quantitative estimate of drug-likeness (QED) is 0.703. The summed E-state index contributed by atoms with van der Waals surface area (Å²) in [7, 11) is 0. The minimum Gasteiger partial charge on any atom is -0.461 e. The largest absolute Gasteiger partial charge is 0.461 e. The number of halogens is 1. The number of hydrogen-bond acceptors (Lipinski definition) is 5. The van der Waals surface area contributed by atoms with Gasteiger partial charge in [-0.3, -0.25) is 4.98 Å². The van der Waals surface area contributed by atoms with E-state index in [1.165, 1.54) is 0 Å². The van der Waals surface area contributed by atoms with Gasteiger partial charge in [0.15, 0.2) is 6.10 Å². The van der Waals surface area contributed by atoms with Crippen LogP contribution in [0.5, 0.6) is 0 Å². The van der Waals surface area contributed by atoms with Crippen LogP contribution in [0.3, 0.4) is 0 Å². The molecule has 0 radical (unpaired) electrons. The predicted octanol–water partition coefficient (Wildman–Crippen LogP) is 4.46. The Morgan fingerprint density at radius 2 is 1.88 bits per heavy atom. The van der Waals surface area contributed by atoms with Gasteiger partial charge in [-0.1, -0.05) is 20.3 Å². The zero-order valence-corrected chi connectivity index (χ0v) is 18.3. The van der Waals surface area contributed by atoms with Crippen molar-refractivity contribution in [2.24, 2.45) is 5.41 Å². The Morgan fingerprint density at radius 3 is 2.38 bits per heavy atom. The van der Waals surface area contributed by atoms with Crippen LogP contribution in [-0.2, 0) is 9.53 Å². The van der Waals surface area contributed by atoms with Crippen molar-refractivity contribution in [2.45, 2.75) is 73.0 Å². The van der Waals surface area contributed by atoms with Gasteiger partial charge in [-0.15, -0.1) is 0 Å². The lowest BCUT2D eigenvalue weighted by Gasteiger charge is -2.41. The van der Waals surface area contributed by atoms with E-state index in [1.807, 2.05) is 13.8 Å². The van der Waals surface area contributed by atoms with Crippen LogP contribution in [0, 0.1) is 19.3 Å². The number of hydrogen-bond donors (Lipinski definition) is 1. The zero-order valence-electron chi connectivity index (χ0n) is 16.7. The number of piperidine rings is 1. The Kier molecular flexibility index (Phi) is 6.72. The normalized spacial score (nSPS) is 18.1. The number of ether oxygens (including phenoxy) is 1. The highest BCUT2D eigenvalue weighted by Crippen LogP contribution is 2.42. The molecule has 1 fully saturated rings. The molecule has 1 N–H and O–H groups in total. The molecule has 1 aliphatic heterocycles. The summed E-state index contributed by atoms with van der Waals surface area (Å²) >= 11 is 3.65. The summed E-state index contributed by atoms with van der Waals surface area (Å²) in [6.45, 7) is 13.7. The number of carbonyl (C=O) groups excluding carboxylic acids is 1. The van der Waals surface area contributed by atoms with Crippen LogP contribution in [0.1, 0.15) is 70.0 Å². The summed E-state index contributed by atoms with van der Waals surface area (Å²) in [6, 6.07) is 0. The smallest absolute Gasteiger partial charge is 0.340 e. The highest BCUT2D eigenvalue weighted by Gasteiger charge is 2.34. The van der Waals surface area contributed by atoms with Gasteiger partial charge >= 0.3 is 5.97 Å². The number of pyridine rings is 1. The molecule has 1 unspecified atom stereocenters. The molecule has 1 aromatic heterocycles. The average molecular weight is 427 g/mol. The molecule has 6 heteroatoms. The first-order valence-corrected chi connectivity index (χ1v) is 10.2. The topological polar surface area (TPSA) is 62.7 Å². The van der Waals surface area contributed by atoms with Crippen molar-refractivity contribution in [3.63, 3.8) is 0 Å². The van der Waals surface area contributed by atoms with Crippen molar-refractivity contribution in [3.05, 3.63) is 21.4 Å². The van der Waals surface area contributed by atoms with E-state index in [4.69, 9.17) is 4.74 Å². The van der Waals surface area contributed by atoms with E-state index in [2.05, 4.69) is 39.7 Å². The van der Waals surface area contributed by atoms with E-state index in [9.17, 15) is 9.90 Å². The van der Waals surface area contributed by atoms with Gasteiger partial charge in [0.1, 0.15) is 0 Å². The molecule has 2 rings (SSSR count). The van der Waals surface area contributed by atoms with Gasteiger partial charge in [-0.2, -0.15) is 0 Å². The van der Waals surface area contributed by atoms with Crippen molar-refractivity contribution in [1.82, 2.24) is 4.98 Å². The standard InChI is InChI=1S/C20H31BrN2O3/c1-7-20(6)8-10-23(11-9-20)17-15(13(4)22-14(5)16(17)21)18(24)19(25)26-12(2)3/h12,18,24H,7-11H2,1-6H3. The molecule has 0 saturated carbocycles. The van der Waals surface area contributed by atoms with Crippen molar-refractivity contribution in [2.75, 3.05) is 18.0 Å². The molecule has 5 nitrogen and oxygen atoms in total. The lowest BCUT2D eigenvalue weighted by molar-refractivity contribution is -0.157. The summed E-state index contributed by atoms with van der Waals surface area (Å²) < 4.78 is 6.08. The van der Waals surface area contributed by atoms with Crippen LogP contribution in [0.2, 0.25) is 0 Å². The molecule has 1 aromatic rings. The summed E-state index contributed by atoms with van der Waals surface area (Å²) in [5.74, 6) is -0.627. The molecule has 0 bridgehead atoms. The lowest BCUT2D eigenvalue weighted by atomic mass is 9.78.